The highest BCUT2D eigenvalue weighted by atomic mass is 16.5. The highest BCUT2D eigenvalue weighted by Crippen LogP contribution is 2.29. The van der Waals surface area contributed by atoms with Gasteiger partial charge >= 0.3 is 0 Å². The summed E-state index contributed by atoms with van der Waals surface area (Å²) >= 11 is 0. The van der Waals surface area contributed by atoms with Crippen LogP contribution >= 0.6 is 0 Å². The molecule has 1 amide bonds. The maximum atomic E-state index is 12.2. The molecule has 0 unspecified atom stereocenters. The molecule has 0 aliphatic heterocycles. The topological polar surface area (TPSA) is 47.6 Å². The van der Waals surface area contributed by atoms with Gasteiger partial charge in [-0.1, -0.05) is 26.0 Å². The summed E-state index contributed by atoms with van der Waals surface area (Å²) in [6, 6.07) is 11.5. The third-order valence-corrected chi connectivity index (χ3v) is 4.34. The molecule has 0 heterocycles. The molecule has 0 fully saturated rings. The number of nitrogens with one attached hydrogen (secondary N) is 1. The van der Waals surface area contributed by atoms with Crippen molar-refractivity contribution in [3.05, 3.63) is 59.2 Å². The normalized spacial score (nSPS) is 11.0. The van der Waals surface area contributed by atoms with Crippen molar-refractivity contribution in [1.29, 1.82) is 0 Å². The van der Waals surface area contributed by atoms with Crippen LogP contribution in [0.2, 0.25) is 0 Å². The van der Waals surface area contributed by atoms with Gasteiger partial charge in [0.2, 0.25) is 5.91 Å². The van der Waals surface area contributed by atoms with Crippen molar-refractivity contribution in [1.82, 2.24) is 0 Å². The number of ether oxygens (including phenoxy) is 2. The Kier molecular flexibility index (Phi) is 7.47. The first-order valence-electron chi connectivity index (χ1n) is 9.26. The quantitative estimate of drug-likeness (QED) is 0.637. The smallest absolute Gasteiger partial charge is 0.248 e. The number of carbonyl (C=O) groups is 1. The van der Waals surface area contributed by atoms with E-state index in [0.717, 1.165) is 29.0 Å². The molecule has 0 atom stereocenters. The molecule has 2 aromatic rings. The fourth-order valence-electron chi connectivity index (χ4n) is 2.49. The lowest BCUT2D eigenvalue weighted by molar-refractivity contribution is -0.111. The molecule has 27 heavy (non-hydrogen) atoms. The highest BCUT2D eigenvalue weighted by molar-refractivity contribution is 6.02. The van der Waals surface area contributed by atoms with Crippen molar-refractivity contribution in [2.24, 2.45) is 5.92 Å². The molecule has 0 aliphatic carbocycles. The van der Waals surface area contributed by atoms with Gasteiger partial charge < -0.3 is 14.8 Å². The SMILES string of the molecule is COc1cc(C=CC(=O)Nc2ccc(C)c(C)c2)ccc1OCCC(C)C. The molecule has 0 radical (unpaired) electrons. The first kappa shape index (κ1) is 20.6. The van der Waals surface area contributed by atoms with E-state index in [-0.39, 0.29) is 5.91 Å². The van der Waals surface area contributed by atoms with Gasteiger partial charge in [0.15, 0.2) is 11.5 Å². The van der Waals surface area contributed by atoms with Crippen LogP contribution in [-0.2, 0) is 4.79 Å². The summed E-state index contributed by atoms with van der Waals surface area (Å²) in [6.07, 6.45) is 4.27. The summed E-state index contributed by atoms with van der Waals surface area (Å²) < 4.78 is 11.2. The minimum Gasteiger partial charge on any atom is -0.493 e. The zero-order valence-electron chi connectivity index (χ0n) is 16.8. The summed E-state index contributed by atoms with van der Waals surface area (Å²) in [5.41, 5.74) is 4.01. The fourth-order valence-corrected chi connectivity index (χ4v) is 2.49. The van der Waals surface area contributed by atoms with Crippen molar-refractivity contribution < 1.29 is 14.3 Å². The lowest BCUT2D eigenvalue weighted by atomic mass is 10.1. The number of hydrogen-bond donors (Lipinski definition) is 1. The van der Waals surface area contributed by atoms with Gasteiger partial charge in [-0.15, -0.1) is 0 Å². The molecule has 2 aromatic carbocycles. The lowest BCUT2D eigenvalue weighted by Gasteiger charge is -2.12. The number of hydrogen-bond acceptors (Lipinski definition) is 3. The number of amides is 1. The predicted molar refractivity (Wildman–Crippen MR) is 112 cm³/mol. The van der Waals surface area contributed by atoms with E-state index in [0.29, 0.717) is 18.3 Å². The number of aryl methyl sites for hydroxylation is 2. The van der Waals surface area contributed by atoms with Crippen LogP contribution < -0.4 is 14.8 Å². The second-order valence-electron chi connectivity index (χ2n) is 7.06. The van der Waals surface area contributed by atoms with Crippen molar-refractivity contribution in [3.8, 4) is 11.5 Å². The molecule has 4 nitrogen and oxygen atoms in total. The number of rotatable bonds is 8. The van der Waals surface area contributed by atoms with Crippen LogP contribution in [0.5, 0.6) is 11.5 Å². The number of benzene rings is 2. The molecular formula is C23H29NO3. The number of methoxy groups -OCH3 is 1. The van der Waals surface area contributed by atoms with E-state index in [4.69, 9.17) is 9.47 Å². The van der Waals surface area contributed by atoms with E-state index in [2.05, 4.69) is 19.2 Å². The maximum Gasteiger partial charge on any atom is 0.248 e. The Bertz CT molecular complexity index is 809. The fraction of sp³-hybridized carbons (Fsp3) is 0.348. The summed E-state index contributed by atoms with van der Waals surface area (Å²) in [5.74, 6) is 1.80. The van der Waals surface area contributed by atoms with Crippen molar-refractivity contribution in [2.75, 3.05) is 19.0 Å². The van der Waals surface area contributed by atoms with Gasteiger partial charge in [-0.25, -0.2) is 0 Å². The third-order valence-electron chi connectivity index (χ3n) is 4.34. The zero-order chi connectivity index (χ0) is 19.8. The van der Waals surface area contributed by atoms with Crippen molar-refractivity contribution >= 4 is 17.7 Å². The van der Waals surface area contributed by atoms with Crippen molar-refractivity contribution in [2.45, 2.75) is 34.1 Å². The van der Waals surface area contributed by atoms with E-state index in [9.17, 15) is 4.79 Å². The molecule has 144 valence electrons. The van der Waals surface area contributed by atoms with Gasteiger partial charge in [-0.05, 0) is 73.2 Å². The highest BCUT2D eigenvalue weighted by Gasteiger charge is 2.06. The average Bonchev–Trinajstić information content (AvgIpc) is 2.63. The van der Waals surface area contributed by atoms with E-state index in [1.165, 1.54) is 11.6 Å². The van der Waals surface area contributed by atoms with Gasteiger partial charge in [0, 0.05) is 11.8 Å². The zero-order valence-corrected chi connectivity index (χ0v) is 16.8. The monoisotopic (exact) mass is 367 g/mol. The molecule has 0 aromatic heterocycles. The minimum atomic E-state index is -0.172. The van der Waals surface area contributed by atoms with Gasteiger partial charge in [-0.3, -0.25) is 4.79 Å². The van der Waals surface area contributed by atoms with E-state index in [1.807, 2.05) is 50.2 Å². The van der Waals surface area contributed by atoms with Crippen LogP contribution in [0.3, 0.4) is 0 Å². The van der Waals surface area contributed by atoms with Gasteiger partial charge in [0.25, 0.3) is 0 Å². The predicted octanol–water partition coefficient (Wildman–Crippen LogP) is 5.39. The van der Waals surface area contributed by atoms with Crippen LogP contribution in [0.25, 0.3) is 6.08 Å². The van der Waals surface area contributed by atoms with E-state index < -0.39 is 0 Å². The summed E-state index contributed by atoms with van der Waals surface area (Å²) in [4.78, 5) is 12.2. The minimum absolute atomic E-state index is 0.172. The Balaban J connectivity index is 2.00. The summed E-state index contributed by atoms with van der Waals surface area (Å²) in [5, 5.41) is 2.88. The molecule has 1 N–H and O–H groups in total. The Hall–Kier alpha value is -2.75. The molecule has 0 spiro atoms. The molecule has 0 saturated carbocycles. The van der Waals surface area contributed by atoms with Crippen molar-refractivity contribution in [3.63, 3.8) is 0 Å². The largest absolute Gasteiger partial charge is 0.493 e. The summed E-state index contributed by atoms with van der Waals surface area (Å²) in [6.45, 7) is 9.05. The average molecular weight is 367 g/mol. The molecule has 0 saturated heterocycles. The molecular weight excluding hydrogens is 338 g/mol. The van der Waals surface area contributed by atoms with Crippen LogP contribution in [0, 0.1) is 19.8 Å². The third kappa shape index (κ3) is 6.48. The second-order valence-corrected chi connectivity index (χ2v) is 7.06. The molecule has 2 rings (SSSR count). The van der Waals surface area contributed by atoms with Crippen LogP contribution in [0.15, 0.2) is 42.5 Å². The van der Waals surface area contributed by atoms with Gasteiger partial charge in [0.05, 0.1) is 13.7 Å². The standard InChI is InChI=1S/C23H29NO3/c1-16(2)12-13-27-21-10-7-19(15-22(21)26-5)8-11-23(25)24-20-9-6-17(3)18(4)14-20/h6-11,14-16H,12-13H2,1-5H3,(H,24,25). The first-order valence-corrected chi connectivity index (χ1v) is 9.26. The Morgan fingerprint density at radius 1 is 1.07 bits per heavy atom. The number of carbonyl (C=O) groups excluding carboxylic acids is 1. The summed E-state index contributed by atoms with van der Waals surface area (Å²) in [7, 11) is 1.62. The van der Waals surface area contributed by atoms with Crippen LogP contribution in [0.4, 0.5) is 5.69 Å². The van der Waals surface area contributed by atoms with E-state index >= 15 is 0 Å². The first-order chi connectivity index (χ1) is 12.9. The molecule has 4 heteroatoms. The number of anilines is 1. The van der Waals surface area contributed by atoms with Crippen LogP contribution in [0.1, 0.15) is 37.0 Å². The second kappa shape index (κ2) is 9.81. The molecule has 0 aliphatic rings. The van der Waals surface area contributed by atoms with Gasteiger partial charge in [-0.2, -0.15) is 0 Å². The lowest BCUT2D eigenvalue weighted by Crippen LogP contribution is -2.08. The van der Waals surface area contributed by atoms with E-state index in [1.54, 1.807) is 13.2 Å². The Morgan fingerprint density at radius 3 is 2.52 bits per heavy atom. The Morgan fingerprint density at radius 2 is 1.85 bits per heavy atom. The molecule has 0 bridgehead atoms. The Labute approximate surface area is 162 Å². The van der Waals surface area contributed by atoms with Gasteiger partial charge in [0.1, 0.15) is 0 Å². The maximum absolute atomic E-state index is 12.2. The van der Waals surface area contributed by atoms with Crippen LogP contribution in [-0.4, -0.2) is 19.6 Å².